The smallest absolute Gasteiger partial charge is 0.0934 e. The van der Waals surface area contributed by atoms with E-state index >= 15 is 0 Å². The third-order valence-electron chi connectivity index (χ3n) is 1.84. The van der Waals surface area contributed by atoms with Gasteiger partial charge in [0.2, 0.25) is 0 Å². The van der Waals surface area contributed by atoms with Gasteiger partial charge in [0.25, 0.3) is 0 Å². The Kier molecular flexibility index (Phi) is 3.71. The van der Waals surface area contributed by atoms with Crippen LogP contribution in [-0.2, 0) is 0 Å². The fraction of sp³-hybridized carbons (Fsp3) is 0.333. The van der Waals surface area contributed by atoms with E-state index in [0.29, 0.717) is 12.2 Å². The molecule has 4 heteroatoms. The van der Waals surface area contributed by atoms with Crippen LogP contribution in [0, 0.1) is 0 Å². The zero-order valence-electron chi connectivity index (χ0n) is 7.42. The van der Waals surface area contributed by atoms with Crippen molar-refractivity contribution in [1.82, 2.24) is 5.32 Å². The van der Waals surface area contributed by atoms with Crippen molar-refractivity contribution in [2.24, 2.45) is 0 Å². The summed E-state index contributed by atoms with van der Waals surface area (Å²) in [5.41, 5.74) is 7.13. The molecule has 0 aliphatic rings. The van der Waals surface area contributed by atoms with E-state index in [0.717, 1.165) is 10.0 Å². The molecule has 0 heterocycles. The number of halogens is 1. The quantitative estimate of drug-likeness (QED) is 0.703. The van der Waals surface area contributed by atoms with Crippen LogP contribution in [0.4, 0.5) is 5.69 Å². The summed E-state index contributed by atoms with van der Waals surface area (Å²) in [4.78, 5) is 0. The highest BCUT2D eigenvalue weighted by Gasteiger charge is 2.10. The first-order chi connectivity index (χ1) is 6.16. The summed E-state index contributed by atoms with van der Waals surface area (Å²) in [5.74, 6) is 0. The van der Waals surface area contributed by atoms with Gasteiger partial charge in [0.15, 0.2) is 0 Å². The van der Waals surface area contributed by atoms with Gasteiger partial charge in [-0.25, -0.2) is 0 Å². The topological polar surface area (TPSA) is 58.3 Å². The van der Waals surface area contributed by atoms with Gasteiger partial charge in [-0.05, 0) is 29.0 Å². The SMILES string of the molecule is CNCC(O)c1cccc(Br)c1N. The van der Waals surface area contributed by atoms with E-state index in [-0.39, 0.29) is 0 Å². The molecule has 0 saturated heterocycles. The van der Waals surface area contributed by atoms with E-state index < -0.39 is 6.10 Å². The predicted molar refractivity (Wildman–Crippen MR) is 57.4 cm³/mol. The predicted octanol–water partition coefficient (Wildman–Crippen LogP) is 1.28. The molecule has 0 saturated carbocycles. The van der Waals surface area contributed by atoms with Crippen LogP contribution in [0.25, 0.3) is 0 Å². The number of rotatable bonds is 3. The maximum atomic E-state index is 9.66. The van der Waals surface area contributed by atoms with Gasteiger partial charge in [0, 0.05) is 16.6 Å². The number of likely N-dealkylation sites (N-methyl/N-ethyl adjacent to an activating group) is 1. The van der Waals surface area contributed by atoms with Gasteiger partial charge in [-0.3, -0.25) is 0 Å². The highest BCUT2D eigenvalue weighted by Crippen LogP contribution is 2.27. The van der Waals surface area contributed by atoms with Crippen molar-refractivity contribution in [3.05, 3.63) is 28.2 Å². The number of aliphatic hydroxyl groups is 1. The third-order valence-corrected chi connectivity index (χ3v) is 2.53. The highest BCUT2D eigenvalue weighted by atomic mass is 79.9. The molecule has 0 radical (unpaired) electrons. The summed E-state index contributed by atoms with van der Waals surface area (Å²) in [7, 11) is 1.79. The average Bonchev–Trinajstić information content (AvgIpc) is 2.10. The van der Waals surface area contributed by atoms with Crippen LogP contribution in [0.2, 0.25) is 0 Å². The molecule has 1 aromatic carbocycles. The molecule has 0 spiro atoms. The molecule has 13 heavy (non-hydrogen) atoms. The van der Waals surface area contributed by atoms with Crippen molar-refractivity contribution in [3.8, 4) is 0 Å². The van der Waals surface area contributed by atoms with Crippen molar-refractivity contribution >= 4 is 21.6 Å². The van der Waals surface area contributed by atoms with Gasteiger partial charge in [0.05, 0.1) is 11.8 Å². The summed E-state index contributed by atoms with van der Waals surface area (Å²) in [6.07, 6.45) is -0.553. The molecule has 4 N–H and O–H groups in total. The molecule has 0 fully saturated rings. The van der Waals surface area contributed by atoms with Crippen molar-refractivity contribution in [3.63, 3.8) is 0 Å². The number of benzene rings is 1. The van der Waals surface area contributed by atoms with E-state index in [1.807, 2.05) is 18.2 Å². The Morgan fingerprint density at radius 3 is 2.92 bits per heavy atom. The Morgan fingerprint density at radius 1 is 1.62 bits per heavy atom. The Balaban J connectivity index is 2.93. The number of aliphatic hydroxyl groups excluding tert-OH is 1. The molecular weight excluding hydrogens is 232 g/mol. The first-order valence-electron chi connectivity index (χ1n) is 4.03. The summed E-state index contributed by atoms with van der Waals surface area (Å²) >= 11 is 3.31. The summed E-state index contributed by atoms with van der Waals surface area (Å²) in [6.45, 7) is 0.501. The van der Waals surface area contributed by atoms with Crippen LogP contribution < -0.4 is 11.1 Å². The highest BCUT2D eigenvalue weighted by molar-refractivity contribution is 9.10. The minimum atomic E-state index is -0.553. The number of hydrogen-bond acceptors (Lipinski definition) is 3. The van der Waals surface area contributed by atoms with Gasteiger partial charge in [-0.15, -0.1) is 0 Å². The molecule has 0 aromatic heterocycles. The number of nitrogens with two attached hydrogens (primary N) is 1. The largest absolute Gasteiger partial charge is 0.398 e. The molecule has 0 aliphatic heterocycles. The zero-order chi connectivity index (χ0) is 9.84. The first kappa shape index (κ1) is 10.5. The summed E-state index contributed by atoms with van der Waals surface area (Å²) in [5, 5.41) is 12.6. The molecule has 0 aliphatic carbocycles. The average molecular weight is 245 g/mol. The minimum absolute atomic E-state index is 0.501. The first-order valence-corrected chi connectivity index (χ1v) is 4.82. The van der Waals surface area contributed by atoms with Gasteiger partial charge < -0.3 is 16.2 Å². The number of anilines is 1. The van der Waals surface area contributed by atoms with E-state index in [9.17, 15) is 5.11 Å². The Labute approximate surface area is 86.1 Å². The maximum Gasteiger partial charge on any atom is 0.0934 e. The van der Waals surface area contributed by atoms with Crippen LogP contribution in [0.5, 0.6) is 0 Å². The third kappa shape index (κ3) is 2.43. The van der Waals surface area contributed by atoms with Crippen LogP contribution in [0.3, 0.4) is 0 Å². The number of para-hydroxylation sites is 1. The molecule has 1 rings (SSSR count). The van der Waals surface area contributed by atoms with Crippen LogP contribution in [0.1, 0.15) is 11.7 Å². The molecule has 1 unspecified atom stereocenters. The molecule has 1 atom stereocenters. The number of hydrogen-bond donors (Lipinski definition) is 3. The fourth-order valence-corrected chi connectivity index (χ4v) is 1.53. The van der Waals surface area contributed by atoms with Crippen LogP contribution in [-0.4, -0.2) is 18.7 Å². The van der Waals surface area contributed by atoms with Gasteiger partial charge >= 0.3 is 0 Å². The van der Waals surface area contributed by atoms with Gasteiger partial charge in [0.1, 0.15) is 0 Å². The molecular formula is C9H13BrN2O. The molecule has 3 nitrogen and oxygen atoms in total. The van der Waals surface area contributed by atoms with Crippen LogP contribution >= 0.6 is 15.9 Å². The number of nitrogen functional groups attached to an aromatic ring is 1. The molecule has 0 amide bonds. The Bertz CT molecular complexity index is 291. The Hall–Kier alpha value is -0.580. The fourth-order valence-electron chi connectivity index (χ4n) is 1.15. The molecule has 0 bridgehead atoms. The second-order valence-electron chi connectivity index (χ2n) is 2.82. The minimum Gasteiger partial charge on any atom is -0.398 e. The van der Waals surface area contributed by atoms with E-state index in [2.05, 4.69) is 21.2 Å². The van der Waals surface area contributed by atoms with E-state index in [4.69, 9.17) is 5.73 Å². The lowest BCUT2D eigenvalue weighted by Crippen LogP contribution is -2.17. The zero-order valence-corrected chi connectivity index (χ0v) is 9.01. The normalized spacial score (nSPS) is 12.8. The summed E-state index contributed by atoms with van der Waals surface area (Å²) in [6, 6.07) is 5.53. The van der Waals surface area contributed by atoms with E-state index in [1.54, 1.807) is 7.05 Å². The van der Waals surface area contributed by atoms with Crippen LogP contribution in [0.15, 0.2) is 22.7 Å². The second kappa shape index (κ2) is 4.60. The van der Waals surface area contributed by atoms with Crippen molar-refractivity contribution < 1.29 is 5.11 Å². The van der Waals surface area contributed by atoms with Crippen molar-refractivity contribution in [1.29, 1.82) is 0 Å². The summed E-state index contributed by atoms with van der Waals surface area (Å²) < 4.78 is 0.820. The molecule has 1 aromatic rings. The lowest BCUT2D eigenvalue weighted by atomic mass is 10.1. The monoisotopic (exact) mass is 244 g/mol. The Morgan fingerprint density at radius 2 is 2.31 bits per heavy atom. The maximum absolute atomic E-state index is 9.66. The number of nitrogens with one attached hydrogen (secondary N) is 1. The van der Waals surface area contributed by atoms with Crippen molar-refractivity contribution in [2.75, 3.05) is 19.3 Å². The van der Waals surface area contributed by atoms with Crippen molar-refractivity contribution in [2.45, 2.75) is 6.10 Å². The lowest BCUT2D eigenvalue weighted by molar-refractivity contribution is 0.178. The van der Waals surface area contributed by atoms with E-state index in [1.165, 1.54) is 0 Å². The van der Waals surface area contributed by atoms with Gasteiger partial charge in [-0.2, -0.15) is 0 Å². The lowest BCUT2D eigenvalue weighted by Gasteiger charge is -2.13. The standard InChI is InChI=1S/C9H13BrN2O/c1-12-5-8(13)6-3-2-4-7(10)9(6)11/h2-4,8,12-13H,5,11H2,1H3. The van der Waals surface area contributed by atoms with Gasteiger partial charge in [-0.1, -0.05) is 12.1 Å². The molecule has 72 valence electrons. The second-order valence-corrected chi connectivity index (χ2v) is 3.67.